The number of nitrogens with one attached hydrogen (secondary N) is 1. The summed E-state index contributed by atoms with van der Waals surface area (Å²) in [5.41, 5.74) is 1.11. The number of methoxy groups -OCH3 is 1. The van der Waals surface area contributed by atoms with Crippen molar-refractivity contribution in [2.24, 2.45) is 0 Å². The molecule has 4 nitrogen and oxygen atoms in total. The number of imidazole rings is 1. The van der Waals surface area contributed by atoms with E-state index < -0.39 is 0 Å². The molecular formula is C11H18ClN3O. The zero-order valence-electron chi connectivity index (χ0n) is 9.74. The van der Waals surface area contributed by atoms with Crippen LogP contribution in [-0.2, 0) is 11.2 Å². The number of aromatic nitrogens is 2. The smallest absolute Gasteiger partial charge is 0.150 e. The molecule has 0 saturated carbocycles. The molecular weight excluding hydrogens is 226 g/mol. The molecule has 2 rings (SSSR count). The van der Waals surface area contributed by atoms with Crippen LogP contribution in [0.5, 0.6) is 0 Å². The van der Waals surface area contributed by atoms with Gasteiger partial charge in [-0.3, -0.25) is 0 Å². The first-order chi connectivity index (χ1) is 7.77. The maximum absolute atomic E-state index is 6.07. The number of hydrogen-bond donors (Lipinski definition) is 1. The van der Waals surface area contributed by atoms with Gasteiger partial charge in [0.05, 0.1) is 24.2 Å². The Bertz CT molecular complexity index is 353. The van der Waals surface area contributed by atoms with Crippen molar-refractivity contribution >= 4 is 11.6 Å². The number of halogens is 1. The molecule has 1 saturated heterocycles. The zero-order chi connectivity index (χ0) is 11.5. The Hall–Kier alpha value is -0.580. The summed E-state index contributed by atoms with van der Waals surface area (Å²) < 4.78 is 7.69. The monoisotopic (exact) mass is 243 g/mol. The third kappa shape index (κ3) is 2.10. The van der Waals surface area contributed by atoms with Gasteiger partial charge in [-0.25, -0.2) is 4.98 Å². The highest BCUT2D eigenvalue weighted by Crippen LogP contribution is 2.26. The standard InChI is InChI=1S/C11H18ClN3O/c1-3-8-11(12)14-7-15(8)9-4-5-13-6-10(9)16-2/h7,9-10,13H,3-6H2,1-2H3/t9-,10+/m0/s1. The summed E-state index contributed by atoms with van der Waals surface area (Å²) in [7, 11) is 1.76. The zero-order valence-corrected chi connectivity index (χ0v) is 10.5. The Morgan fingerprint density at radius 3 is 3.19 bits per heavy atom. The first-order valence-corrected chi connectivity index (χ1v) is 6.10. The largest absolute Gasteiger partial charge is 0.378 e. The minimum atomic E-state index is 0.198. The molecule has 5 heteroatoms. The van der Waals surface area contributed by atoms with Gasteiger partial charge < -0.3 is 14.6 Å². The molecule has 2 atom stereocenters. The van der Waals surface area contributed by atoms with Crippen LogP contribution in [0, 0.1) is 0 Å². The predicted molar refractivity (Wildman–Crippen MR) is 63.9 cm³/mol. The van der Waals surface area contributed by atoms with Crippen LogP contribution in [-0.4, -0.2) is 35.9 Å². The van der Waals surface area contributed by atoms with Crippen LogP contribution < -0.4 is 5.32 Å². The van der Waals surface area contributed by atoms with Crippen LogP contribution in [0.4, 0.5) is 0 Å². The second kappa shape index (κ2) is 5.17. The molecule has 1 aromatic rings. The second-order valence-corrected chi connectivity index (χ2v) is 4.44. The van der Waals surface area contributed by atoms with Gasteiger partial charge in [-0.2, -0.15) is 0 Å². The number of hydrogen-bond acceptors (Lipinski definition) is 3. The molecule has 16 heavy (non-hydrogen) atoms. The highest BCUT2D eigenvalue weighted by molar-refractivity contribution is 6.30. The molecule has 0 bridgehead atoms. The van der Waals surface area contributed by atoms with Crippen molar-refractivity contribution in [2.45, 2.75) is 31.9 Å². The fraction of sp³-hybridized carbons (Fsp3) is 0.727. The predicted octanol–water partition coefficient (Wildman–Crippen LogP) is 1.65. The first kappa shape index (κ1) is 11.9. The van der Waals surface area contributed by atoms with E-state index in [1.54, 1.807) is 7.11 Å². The molecule has 1 fully saturated rings. The lowest BCUT2D eigenvalue weighted by atomic mass is 10.0. The highest BCUT2D eigenvalue weighted by Gasteiger charge is 2.28. The summed E-state index contributed by atoms with van der Waals surface area (Å²) in [5.74, 6) is 0. The van der Waals surface area contributed by atoms with Crippen molar-refractivity contribution < 1.29 is 4.74 Å². The molecule has 0 unspecified atom stereocenters. The summed E-state index contributed by atoms with van der Waals surface area (Å²) in [4.78, 5) is 4.18. The van der Waals surface area contributed by atoms with Crippen LogP contribution in [0.1, 0.15) is 25.1 Å². The third-order valence-corrected chi connectivity index (χ3v) is 3.55. The van der Waals surface area contributed by atoms with E-state index in [9.17, 15) is 0 Å². The van der Waals surface area contributed by atoms with Gasteiger partial charge in [-0.1, -0.05) is 18.5 Å². The van der Waals surface area contributed by atoms with Gasteiger partial charge in [-0.05, 0) is 19.4 Å². The fourth-order valence-electron chi connectivity index (χ4n) is 2.35. The maximum atomic E-state index is 6.07. The second-order valence-electron chi connectivity index (χ2n) is 4.08. The molecule has 0 spiro atoms. The van der Waals surface area contributed by atoms with E-state index in [4.69, 9.17) is 16.3 Å². The lowest BCUT2D eigenvalue weighted by molar-refractivity contribution is 0.0382. The van der Waals surface area contributed by atoms with Gasteiger partial charge in [0.1, 0.15) is 5.15 Å². The Kier molecular flexibility index (Phi) is 3.84. The van der Waals surface area contributed by atoms with Gasteiger partial charge in [0, 0.05) is 13.7 Å². The molecule has 1 aromatic heterocycles. The Balaban J connectivity index is 2.26. The molecule has 1 N–H and O–H groups in total. The van der Waals surface area contributed by atoms with E-state index in [1.165, 1.54) is 0 Å². The topological polar surface area (TPSA) is 39.1 Å². The van der Waals surface area contributed by atoms with Gasteiger partial charge in [0.2, 0.25) is 0 Å². The Morgan fingerprint density at radius 2 is 2.50 bits per heavy atom. The van der Waals surface area contributed by atoms with Crippen LogP contribution in [0.25, 0.3) is 0 Å². The van der Waals surface area contributed by atoms with E-state index in [2.05, 4.69) is 21.8 Å². The van der Waals surface area contributed by atoms with Gasteiger partial charge in [0.15, 0.2) is 0 Å². The summed E-state index contributed by atoms with van der Waals surface area (Å²) >= 11 is 6.07. The third-order valence-electron chi connectivity index (χ3n) is 3.23. The average molecular weight is 244 g/mol. The normalized spacial score (nSPS) is 25.9. The van der Waals surface area contributed by atoms with Crippen molar-refractivity contribution in [1.29, 1.82) is 0 Å². The summed E-state index contributed by atoms with van der Waals surface area (Å²) in [6.07, 6.45) is 3.99. The summed E-state index contributed by atoms with van der Waals surface area (Å²) in [6, 6.07) is 0.348. The summed E-state index contributed by atoms with van der Waals surface area (Å²) in [5, 5.41) is 3.96. The SMILES string of the molecule is CCc1c(Cl)ncn1[C@H]1CCNC[C@H]1OC. The van der Waals surface area contributed by atoms with E-state index in [0.717, 1.165) is 31.6 Å². The summed E-state index contributed by atoms with van der Waals surface area (Å²) in [6.45, 7) is 4.01. The molecule has 1 aliphatic heterocycles. The molecule has 1 aliphatic rings. The molecule has 90 valence electrons. The molecule has 0 aromatic carbocycles. The highest BCUT2D eigenvalue weighted by atomic mass is 35.5. The van der Waals surface area contributed by atoms with Crippen molar-refractivity contribution in [3.63, 3.8) is 0 Å². The molecule has 2 heterocycles. The molecule has 0 radical (unpaired) electrons. The average Bonchev–Trinajstić information content (AvgIpc) is 2.70. The van der Waals surface area contributed by atoms with E-state index in [-0.39, 0.29) is 6.10 Å². The number of nitrogens with zero attached hydrogens (tertiary/aromatic N) is 2. The van der Waals surface area contributed by atoms with Crippen molar-refractivity contribution in [2.75, 3.05) is 20.2 Å². The van der Waals surface area contributed by atoms with Gasteiger partial charge in [0.25, 0.3) is 0 Å². The minimum absolute atomic E-state index is 0.198. The first-order valence-electron chi connectivity index (χ1n) is 5.72. The van der Waals surface area contributed by atoms with E-state index in [0.29, 0.717) is 11.2 Å². The minimum Gasteiger partial charge on any atom is -0.378 e. The quantitative estimate of drug-likeness (QED) is 0.878. The van der Waals surface area contributed by atoms with Gasteiger partial charge in [-0.15, -0.1) is 0 Å². The van der Waals surface area contributed by atoms with E-state index >= 15 is 0 Å². The van der Waals surface area contributed by atoms with Crippen LogP contribution in [0.3, 0.4) is 0 Å². The lowest BCUT2D eigenvalue weighted by Crippen LogP contribution is -2.43. The molecule has 0 amide bonds. The Labute approximate surface area is 101 Å². The van der Waals surface area contributed by atoms with Crippen molar-refractivity contribution in [3.8, 4) is 0 Å². The van der Waals surface area contributed by atoms with E-state index in [1.807, 2.05) is 6.33 Å². The van der Waals surface area contributed by atoms with Crippen LogP contribution in [0.15, 0.2) is 6.33 Å². The van der Waals surface area contributed by atoms with Crippen molar-refractivity contribution in [3.05, 3.63) is 17.2 Å². The molecule has 0 aliphatic carbocycles. The van der Waals surface area contributed by atoms with Gasteiger partial charge >= 0.3 is 0 Å². The van der Waals surface area contributed by atoms with Crippen LogP contribution in [0.2, 0.25) is 5.15 Å². The van der Waals surface area contributed by atoms with Crippen molar-refractivity contribution in [1.82, 2.24) is 14.9 Å². The Morgan fingerprint density at radius 1 is 1.69 bits per heavy atom. The number of rotatable bonds is 3. The maximum Gasteiger partial charge on any atom is 0.150 e. The fourth-order valence-corrected chi connectivity index (χ4v) is 2.63. The lowest BCUT2D eigenvalue weighted by Gasteiger charge is -2.32. The van der Waals surface area contributed by atoms with Crippen LogP contribution >= 0.6 is 11.6 Å². The number of ether oxygens (including phenoxy) is 1. The number of piperidine rings is 1.